The number of halogens is 3. The summed E-state index contributed by atoms with van der Waals surface area (Å²) < 4.78 is 39.9. The van der Waals surface area contributed by atoms with Crippen molar-refractivity contribution in [3.05, 3.63) is 17.5 Å². The quantitative estimate of drug-likeness (QED) is 0.913. The Labute approximate surface area is 136 Å². The predicted octanol–water partition coefficient (Wildman–Crippen LogP) is 2.42. The zero-order valence-corrected chi connectivity index (χ0v) is 13.1. The molecule has 0 spiro atoms. The Morgan fingerprint density at radius 1 is 1.29 bits per heavy atom. The first-order valence-corrected chi connectivity index (χ1v) is 7.87. The van der Waals surface area contributed by atoms with Gasteiger partial charge in [-0.3, -0.25) is 14.3 Å². The van der Waals surface area contributed by atoms with Crippen molar-refractivity contribution < 1.29 is 27.9 Å². The molecule has 1 saturated carbocycles. The fourth-order valence-corrected chi connectivity index (χ4v) is 3.15. The monoisotopic (exact) mass is 345 g/mol. The maximum atomic E-state index is 12.9. The fourth-order valence-electron chi connectivity index (χ4n) is 3.15. The zero-order chi connectivity index (χ0) is 17.6. The molecule has 1 aliphatic carbocycles. The van der Waals surface area contributed by atoms with Gasteiger partial charge in [-0.15, -0.1) is 0 Å². The molecule has 0 radical (unpaired) electrons. The number of hydrogen-bond donors (Lipinski definition) is 1. The van der Waals surface area contributed by atoms with Crippen molar-refractivity contribution in [2.75, 3.05) is 13.1 Å². The Hall–Kier alpha value is -2.06. The van der Waals surface area contributed by atoms with E-state index in [0.29, 0.717) is 19.3 Å². The van der Waals surface area contributed by atoms with Gasteiger partial charge in [0.2, 0.25) is 0 Å². The van der Waals surface area contributed by atoms with E-state index in [2.05, 4.69) is 5.10 Å². The first-order chi connectivity index (χ1) is 11.2. The standard InChI is InChI=1S/C15H18F3N3O3/c1-8-7-20(5-4-10(8)14(23)24)13(22)11-6-12(15(16,17)18)19-21(11)9-2-3-9/h6,8-10H,2-5,7H2,1H3,(H,23,24). The van der Waals surface area contributed by atoms with Gasteiger partial charge in [-0.2, -0.15) is 18.3 Å². The van der Waals surface area contributed by atoms with Crippen molar-refractivity contribution >= 4 is 11.9 Å². The topological polar surface area (TPSA) is 75.4 Å². The summed E-state index contributed by atoms with van der Waals surface area (Å²) in [7, 11) is 0. The van der Waals surface area contributed by atoms with E-state index in [1.54, 1.807) is 6.92 Å². The minimum absolute atomic E-state index is 0.0641. The maximum absolute atomic E-state index is 12.9. The van der Waals surface area contributed by atoms with Gasteiger partial charge in [0.15, 0.2) is 5.69 Å². The normalized spacial score (nSPS) is 24.9. The molecular formula is C15H18F3N3O3. The molecule has 6 nitrogen and oxygen atoms in total. The van der Waals surface area contributed by atoms with Crippen LogP contribution < -0.4 is 0 Å². The van der Waals surface area contributed by atoms with Gasteiger partial charge in [-0.25, -0.2) is 0 Å². The molecule has 2 atom stereocenters. The van der Waals surface area contributed by atoms with Gasteiger partial charge in [0.1, 0.15) is 5.69 Å². The summed E-state index contributed by atoms with van der Waals surface area (Å²) in [6.45, 7) is 2.17. The second kappa shape index (κ2) is 5.78. The lowest BCUT2D eigenvalue weighted by atomic mass is 9.87. The third-order valence-corrected chi connectivity index (χ3v) is 4.65. The highest BCUT2D eigenvalue weighted by Gasteiger charge is 2.40. The molecule has 1 aromatic rings. The van der Waals surface area contributed by atoms with Crippen molar-refractivity contribution in [2.24, 2.45) is 11.8 Å². The first kappa shape index (κ1) is 16.8. The lowest BCUT2D eigenvalue weighted by molar-refractivity contribution is -0.145. The number of piperidine rings is 1. The average molecular weight is 345 g/mol. The van der Waals surface area contributed by atoms with Crippen LogP contribution in [0.5, 0.6) is 0 Å². The molecule has 0 aromatic carbocycles. The van der Waals surface area contributed by atoms with E-state index in [1.807, 2.05) is 0 Å². The van der Waals surface area contributed by atoms with Crippen LogP contribution in [-0.2, 0) is 11.0 Å². The van der Waals surface area contributed by atoms with Gasteiger partial charge >= 0.3 is 12.1 Å². The third kappa shape index (κ3) is 3.11. The van der Waals surface area contributed by atoms with E-state index in [4.69, 9.17) is 5.11 Å². The zero-order valence-electron chi connectivity index (χ0n) is 13.1. The summed E-state index contributed by atoms with van der Waals surface area (Å²) in [5.74, 6) is -2.20. The van der Waals surface area contributed by atoms with Gasteiger partial charge in [0.05, 0.1) is 12.0 Å². The SMILES string of the molecule is CC1CN(C(=O)c2cc(C(F)(F)F)nn2C2CC2)CCC1C(=O)O. The molecule has 2 unspecified atom stereocenters. The molecule has 9 heteroatoms. The number of likely N-dealkylation sites (tertiary alicyclic amines) is 1. The number of nitrogens with zero attached hydrogens (tertiary/aromatic N) is 3. The van der Waals surface area contributed by atoms with E-state index >= 15 is 0 Å². The average Bonchev–Trinajstić information content (AvgIpc) is 3.23. The van der Waals surface area contributed by atoms with Crippen molar-refractivity contribution in [1.29, 1.82) is 0 Å². The summed E-state index contributed by atoms with van der Waals surface area (Å²) in [6, 6.07) is 0.642. The van der Waals surface area contributed by atoms with E-state index < -0.39 is 29.7 Å². The number of aliphatic carboxylic acids is 1. The second-order valence-electron chi connectivity index (χ2n) is 6.55. The number of hydrogen-bond acceptors (Lipinski definition) is 3. The van der Waals surface area contributed by atoms with E-state index in [1.165, 1.54) is 9.58 Å². The van der Waals surface area contributed by atoms with Gasteiger partial charge in [0, 0.05) is 19.2 Å². The van der Waals surface area contributed by atoms with Crippen molar-refractivity contribution in [3.63, 3.8) is 0 Å². The lowest BCUT2D eigenvalue weighted by Crippen LogP contribution is -2.45. The molecule has 2 fully saturated rings. The number of carboxylic acid groups (broad SMARTS) is 1. The fraction of sp³-hybridized carbons (Fsp3) is 0.667. The molecular weight excluding hydrogens is 327 g/mol. The Bertz CT molecular complexity index is 667. The highest BCUT2D eigenvalue weighted by molar-refractivity contribution is 5.93. The van der Waals surface area contributed by atoms with Crippen LogP contribution >= 0.6 is 0 Å². The Morgan fingerprint density at radius 2 is 1.96 bits per heavy atom. The number of carbonyl (C=O) groups is 2. The molecule has 1 saturated heterocycles. The molecule has 2 heterocycles. The number of aromatic nitrogens is 2. The van der Waals surface area contributed by atoms with E-state index in [0.717, 1.165) is 6.07 Å². The molecule has 24 heavy (non-hydrogen) atoms. The van der Waals surface area contributed by atoms with Crippen molar-refractivity contribution in [3.8, 4) is 0 Å². The highest BCUT2D eigenvalue weighted by Crippen LogP contribution is 2.38. The van der Waals surface area contributed by atoms with Crippen LogP contribution in [0.4, 0.5) is 13.2 Å². The summed E-state index contributed by atoms with van der Waals surface area (Å²) in [6.07, 6.45) is -2.89. The molecule has 1 aromatic heterocycles. The molecule has 2 aliphatic rings. The number of carbonyl (C=O) groups excluding carboxylic acids is 1. The van der Waals surface area contributed by atoms with Crippen LogP contribution in [-0.4, -0.2) is 44.8 Å². The third-order valence-electron chi connectivity index (χ3n) is 4.65. The molecule has 1 aliphatic heterocycles. The summed E-state index contributed by atoms with van der Waals surface area (Å²) in [5, 5.41) is 12.7. The molecule has 0 bridgehead atoms. The Balaban J connectivity index is 1.83. The van der Waals surface area contributed by atoms with Crippen LogP contribution in [0, 0.1) is 11.8 Å². The molecule has 1 N–H and O–H groups in total. The molecule has 132 valence electrons. The summed E-state index contributed by atoms with van der Waals surface area (Å²) in [4.78, 5) is 25.2. The predicted molar refractivity (Wildman–Crippen MR) is 76.3 cm³/mol. The number of carboxylic acids is 1. The molecule has 3 rings (SSSR count). The minimum atomic E-state index is -4.60. The van der Waals surface area contributed by atoms with Crippen molar-refractivity contribution in [1.82, 2.24) is 14.7 Å². The van der Waals surface area contributed by atoms with Crippen LogP contribution in [0.15, 0.2) is 6.07 Å². The Kier molecular flexibility index (Phi) is 4.05. The maximum Gasteiger partial charge on any atom is 0.435 e. The number of alkyl halides is 3. The van der Waals surface area contributed by atoms with Crippen LogP contribution in [0.25, 0.3) is 0 Å². The minimum Gasteiger partial charge on any atom is -0.481 e. The smallest absolute Gasteiger partial charge is 0.435 e. The lowest BCUT2D eigenvalue weighted by Gasteiger charge is -2.34. The van der Waals surface area contributed by atoms with Gasteiger partial charge in [-0.1, -0.05) is 6.92 Å². The number of rotatable bonds is 3. The summed E-state index contributed by atoms with van der Waals surface area (Å²) >= 11 is 0. The van der Waals surface area contributed by atoms with E-state index in [9.17, 15) is 22.8 Å². The van der Waals surface area contributed by atoms with Crippen LogP contribution in [0.3, 0.4) is 0 Å². The van der Waals surface area contributed by atoms with Crippen molar-refractivity contribution in [2.45, 2.75) is 38.4 Å². The van der Waals surface area contributed by atoms with E-state index in [-0.39, 0.29) is 30.7 Å². The van der Waals surface area contributed by atoms with Gasteiger partial charge < -0.3 is 10.0 Å². The largest absolute Gasteiger partial charge is 0.481 e. The first-order valence-electron chi connectivity index (χ1n) is 7.87. The van der Waals surface area contributed by atoms with Gasteiger partial charge in [-0.05, 0) is 25.2 Å². The van der Waals surface area contributed by atoms with Crippen LogP contribution in [0.1, 0.15) is 48.4 Å². The summed E-state index contributed by atoms with van der Waals surface area (Å²) in [5.41, 5.74) is -1.13. The Morgan fingerprint density at radius 3 is 2.46 bits per heavy atom. The number of amides is 1. The van der Waals surface area contributed by atoms with Gasteiger partial charge in [0.25, 0.3) is 5.91 Å². The second-order valence-corrected chi connectivity index (χ2v) is 6.55. The molecule has 1 amide bonds. The van der Waals surface area contributed by atoms with Crippen LogP contribution in [0.2, 0.25) is 0 Å². The highest BCUT2D eigenvalue weighted by atomic mass is 19.4.